The molecule has 0 aromatic rings. The maximum atomic E-state index is 6.24. The molecule has 0 aromatic heterocycles. The molecule has 4 spiro atoms. The summed E-state index contributed by atoms with van der Waals surface area (Å²) in [6.45, 7) is 0. The first-order valence-electron chi connectivity index (χ1n) is 9.60. The number of ether oxygens (including phenoxy) is 2. The van der Waals surface area contributed by atoms with Gasteiger partial charge in [0.05, 0.1) is 12.2 Å². The van der Waals surface area contributed by atoms with Crippen LogP contribution in [0.2, 0.25) is 0 Å². The largest absolute Gasteiger partial charge is 0.381 e. The van der Waals surface area contributed by atoms with Gasteiger partial charge in [-0.15, -0.1) is 0 Å². The summed E-state index contributed by atoms with van der Waals surface area (Å²) >= 11 is 0. The Labute approximate surface area is 142 Å². The van der Waals surface area contributed by atoms with Gasteiger partial charge >= 0.3 is 0 Å². The summed E-state index contributed by atoms with van der Waals surface area (Å²) in [6, 6.07) is 0. The maximum Gasteiger partial charge on any atom is 0.0651 e. The third kappa shape index (κ3) is 0.604. The van der Waals surface area contributed by atoms with Crippen molar-refractivity contribution in [1.82, 2.24) is 0 Å². The minimum absolute atomic E-state index is 0.287. The Morgan fingerprint density at radius 3 is 1.08 bits per heavy atom. The molecule has 0 radical (unpaired) electrons. The summed E-state index contributed by atoms with van der Waals surface area (Å²) < 4.78 is 12.5. The molecule has 0 aromatic carbocycles. The number of hydrogen-bond donors (Lipinski definition) is 0. The van der Waals surface area contributed by atoms with Crippen molar-refractivity contribution < 1.29 is 9.47 Å². The van der Waals surface area contributed by atoms with Crippen LogP contribution < -0.4 is 0 Å². The van der Waals surface area contributed by atoms with Crippen molar-refractivity contribution in [2.75, 3.05) is 14.2 Å². The summed E-state index contributed by atoms with van der Waals surface area (Å²) in [5.74, 6) is 4.39. The van der Waals surface area contributed by atoms with Gasteiger partial charge in [-0.05, 0) is 35.5 Å². The van der Waals surface area contributed by atoms with Crippen molar-refractivity contribution in [3.8, 4) is 0 Å². The molecule has 2 nitrogen and oxygen atoms in total. The SMILES string of the molecule is COC1C2C3C4C1C15C=CC=CC21C12C=CC=CC51C4C(OC)C32. The van der Waals surface area contributed by atoms with E-state index in [1.807, 2.05) is 14.2 Å². The lowest BCUT2D eigenvalue weighted by Crippen LogP contribution is -2.74. The van der Waals surface area contributed by atoms with Gasteiger partial charge in [0.15, 0.2) is 0 Å². The molecule has 7 saturated carbocycles. The van der Waals surface area contributed by atoms with Crippen LogP contribution in [0.1, 0.15) is 0 Å². The van der Waals surface area contributed by atoms with Crippen LogP contribution in [0.5, 0.6) is 0 Å². The van der Waals surface area contributed by atoms with Crippen molar-refractivity contribution in [2.45, 2.75) is 12.2 Å². The van der Waals surface area contributed by atoms with E-state index in [4.69, 9.17) is 9.47 Å². The number of rotatable bonds is 2. The molecule has 7 fully saturated rings. The van der Waals surface area contributed by atoms with E-state index in [2.05, 4.69) is 48.6 Å². The predicted octanol–water partition coefficient (Wildman–Crippen LogP) is 2.99. The van der Waals surface area contributed by atoms with E-state index < -0.39 is 0 Å². The van der Waals surface area contributed by atoms with Crippen molar-refractivity contribution in [2.24, 2.45) is 57.2 Å². The molecule has 9 aliphatic rings. The third-order valence-corrected chi connectivity index (χ3v) is 10.6. The van der Waals surface area contributed by atoms with Crippen LogP contribution >= 0.6 is 0 Å². The van der Waals surface area contributed by atoms with Gasteiger partial charge in [0, 0.05) is 35.9 Å². The zero-order chi connectivity index (χ0) is 15.7. The van der Waals surface area contributed by atoms with Gasteiger partial charge in [-0.1, -0.05) is 48.6 Å². The van der Waals surface area contributed by atoms with E-state index in [1.54, 1.807) is 0 Å². The van der Waals surface area contributed by atoms with Gasteiger partial charge in [-0.25, -0.2) is 0 Å². The fourth-order valence-corrected chi connectivity index (χ4v) is 11.5. The fourth-order valence-electron chi connectivity index (χ4n) is 11.5. The summed E-state index contributed by atoms with van der Waals surface area (Å²) in [7, 11) is 3.93. The molecule has 4 bridgehead atoms. The monoisotopic (exact) mass is 318 g/mol. The first-order valence-corrected chi connectivity index (χ1v) is 9.60. The third-order valence-electron chi connectivity index (χ3n) is 10.6. The first-order chi connectivity index (χ1) is 11.8. The average molecular weight is 318 g/mol. The molecule has 4 unspecified atom stereocenters. The Bertz CT molecular complexity index is 702. The molecule has 0 heterocycles. The van der Waals surface area contributed by atoms with Crippen LogP contribution in [0.3, 0.4) is 0 Å². The van der Waals surface area contributed by atoms with Crippen molar-refractivity contribution in [3.63, 3.8) is 0 Å². The van der Waals surface area contributed by atoms with Crippen molar-refractivity contribution in [1.29, 1.82) is 0 Å². The molecule has 2 heteroatoms. The maximum absolute atomic E-state index is 6.24. The Hall–Kier alpha value is -1.12. The van der Waals surface area contributed by atoms with E-state index in [9.17, 15) is 0 Å². The Morgan fingerprint density at radius 2 is 0.833 bits per heavy atom. The van der Waals surface area contributed by atoms with Gasteiger partial charge in [0.2, 0.25) is 0 Å². The standard InChI is InChI=1S/C22H22O2/c1-23-17-13-11-12-14(17)20-8-4-3-7-19(13,20)21-9-5-6-10-22(20,21)16(12)18(24-2)15(11)21/h3-18H,1-2H3. The van der Waals surface area contributed by atoms with E-state index in [-0.39, 0.29) is 21.7 Å². The topological polar surface area (TPSA) is 18.5 Å². The molecule has 0 saturated heterocycles. The molecule has 9 rings (SSSR count). The highest BCUT2D eigenvalue weighted by Crippen LogP contribution is 3.09. The quantitative estimate of drug-likeness (QED) is 0.779. The molecule has 0 aliphatic heterocycles. The zero-order valence-corrected chi connectivity index (χ0v) is 14.1. The van der Waals surface area contributed by atoms with E-state index in [0.29, 0.717) is 35.9 Å². The second-order valence-corrected chi connectivity index (χ2v) is 9.57. The van der Waals surface area contributed by atoms with E-state index >= 15 is 0 Å². The molecule has 9 aliphatic carbocycles. The zero-order valence-electron chi connectivity index (χ0n) is 14.1. The number of hydrogen-bond acceptors (Lipinski definition) is 2. The highest BCUT2D eigenvalue weighted by Gasteiger charge is 3.09. The van der Waals surface area contributed by atoms with Crippen LogP contribution in [0.25, 0.3) is 0 Å². The van der Waals surface area contributed by atoms with Gasteiger partial charge < -0.3 is 9.47 Å². The Kier molecular flexibility index (Phi) is 1.51. The first kappa shape index (κ1) is 12.3. The van der Waals surface area contributed by atoms with Gasteiger partial charge in [0.25, 0.3) is 0 Å². The highest BCUT2D eigenvalue weighted by molar-refractivity contribution is 5.67. The lowest BCUT2D eigenvalue weighted by molar-refractivity contribution is -0.223. The van der Waals surface area contributed by atoms with Crippen molar-refractivity contribution >= 4 is 0 Å². The van der Waals surface area contributed by atoms with Crippen LogP contribution in [0.4, 0.5) is 0 Å². The summed E-state index contributed by atoms with van der Waals surface area (Å²) in [6.07, 6.45) is 20.7. The second kappa shape index (κ2) is 2.95. The summed E-state index contributed by atoms with van der Waals surface area (Å²) in [5, 5.41) is 0. The minimum Gasteiger partial charge on any atom is -0.381 e. The molecular formula is C22H22O2. The van der Waals surface area contributed by atoms with E-state index in [0.717, 1.165) is 11.8 Å². The summed E-state index contributed by atoms with van der Waals surface area (Å²) in [5.41, 5.74) is 1.15. The van der Waals surface area contributed by atoms with Gasteiger partial charge in [0.1, 0.15) is 0 Å². The fraction of sp³-hybridized carbons (Fsp3) is 0.636. The minimum atomic E-state index is 0.287. The highest BCUT2D eigenvalue weighted by atomic mass is 16.5. The molecule has 0 amide bonds. The second-order valence-electron chi connectivity index (χ2n) is 9.57. The smallest absolute Gasteiger partial charge is 0.0651 e. The predicted molar refractivity (Wildman–Crippen MR) is 88.8 cm³/mol. The Balaban J connectivity index is 1.59. The molecular weight excluding hydrogens is 296 g/mol. The normalized spacial score (nSPS) is 74.6. The Morgan fingerprint density at radius 1 is 0.542 bits per heavy atom. The average Bonchev–Trinajstić information content (AvgIpc) is 3.28. The van der Waals surface area contributed by atoms with Crippen LogP contribution in [-0.2, 0) is 9.47 Å². The van der Waals surface area contributed by atoms with Crippen molar-refractivity contribution in [3.05, 3.63) is 48.6 Å². The lowest BCUT2D eigenvalue weighted by atomic mass is 9.25. The number of methoxy groups -OCH3 is 2. The van der Waals surface area contributed by atoms with E-state index in [1.165, 1.54) is 0 Å². The van der Waals surface area contributed by atoms with Crippen LogP contribution in [-0.4, -0.2) is 26.4 Å². The van der Waals surface area contributed by atoms with Gasteiger partial charge in [-0.3, -0.25) is 0 Å². The van der Waals surface area contributed by atoms with Crippen LogP contribution in [0, 0.1) is 57.2 Å². The molecule has 122 valence electrons. The molecule has 24 heavy (non-hydrogen) atoms. The number of allylic oxidation sites excluding steroid dienone is 8. The van der Waals surface area contributed by atoms with Crippen LogP contribution in [0.15, 0.2) is 48.6 Å². The summed E-state index contributed by atoms with van der Waals surface area (Å²) in [4.78, 5) is 0. The molecule has 4 atom stereocenters. The van der Waals surface area contributed by atoms with Gasteiger partial charge in [-0.2, -0.15) is 0 Å². The molecule has 0 N–H and O–H groups in total. The lowest BCUT2D eigenvalue weighted by Gasteiger charge is -2.76.